The molecule has 32 heavy (non-hydrogen) atoms. The van der Waals surface area contributed by atoms with Crippen molar-refractivity contribution in [1.82, 2.24) is 14.9 Å². The van der Waals surface area contributed by atoms with Gasteiger partial charge in [0.15, 0.2) is 0 Å². The lowest BCUT2D eigenvalue weighted by Crippen LogP contribution is -2.44. The molecule has 3 aromatic rings. The quantitative estimate of drug-likeness (QED) is 0.630. The number of halogens is 1. The zero-order valence-corrected chi connectivity index (χ0v) is 18.1. The highest BCUT2D eigenvalue weighted by Gasteiger charge is 2.33. The summed E-state index contributed by atoms with van der Waals surface area (Å²) in [6.07, 6.45) is 3.35. The number of anilines is 2. The Labute approximate surface area is 186 Å². The number of rotatable bonds is 4. The van der Waals surface area contributed by atoms with Gasteiger partial charge in [0.05, 0.1) is 36.8 Å². The summed E-state index contributed by atoms with van der Waals surface area (Å²) in [6.45, 7) is 4.19. The number of hydrogen-bond acceptors (Lipinski definition) is 6. The fourth-order valence-corrected chi connectivity index (χ4v) is 4.32. The van der Waals surface area contributed by atoms with E-state index in [1.165, 1.54) is 19.4 Å². The molecular weight excluding hydrogens is 409 g/mol. The van der Waals surface area contributed by atoms with E-state index in [4.69, 9.17) is 4.74 Å². The number of methoxy groups -OCH3 is 1. The van der Waals surface area contributed by atoms with Crippen LogP contribution in [0.25, 0.3) is 11.3 Å². The van der Waals surface area contributed by atoms with Crippen LogP contribution in [-0.4, -0.2) is 61.1 Å². The van der Waals surface area contributed by atoms with Gasteiger partial charge in [0.25, 0.3) is 5.91 Å². The largest absolute Gasteiger partial charge is 0.496 e. The van der Waals surface area contributed by atoms with Crippen molar-refractivity contribution in [2.24, 2.45) is 0 Å². The van der Waals surface area contributed by atoms with E-state index in [0.717, 1.165) is 31.9 Å². The molecule has 0 aliphatic carbocycles. The summed E-state index contributed by atoms with van der Waals surface area (Å²) in [5, 5.41) is 0. The second-order valence-corrected chi connectivity index (χ2v) is 8.06. The van der Waals surface area contributed by atoms with E-state index in [-0.39, 0.29) is 18.0 Å². The fraction of sp³-hybridized carbons (Fsp3) is 0.292. The maximum Gasteiger partial charge on any atom is 0.260 e. The van der Waals surface area contributed by atoms with Crippen LogP contribution in [0.4, 0.5) is 15.9 Å². The fourth-order valence-electron chi connectivity index (χ4n) is 4.32. The predicted octanol–water partition coefficient (Wildman–Crippen LogP) is 3.20. The van der Waals surface area contributed by atoms with Gasteiger partial charge in [0.1, 0.15) is 17.4 Å². The van der Waals surface area contributed by atoms with E-state index in [2.05, 4.69) is 26.8 Å². The Bertz CT molecular complexity index is 1160. The van der Waals surface area contributed by atoms with Gasteiger partial charge in [-0.25, -0.2) is 9.37 Å². The van der Waals surface area contributed by atoms with Crippen LogP contribution in [0.3, 0.4) is 0 Å². The number of carbonyl (C=O) groups excluding carboxylic acids is 1. The Morgan fingerprint density at radius 1 is 1.03 bits per heavy atom. The smallest absolute Gasteiger partial charge is 0.260 e. The predicted molar refractivity (Wildman–Crippen MR) is 121 cm³/mol. The third-order valence-electron chi connectivity index (χ3n) is 6.16. The number of piperazine rings is 1. The van der Waals surface area contributed by atoms with Crippen molar-refractivity contribution in [2.75, 3.05) is 50.1 Å². The van der Waals surface area contributed by atoms with Crippen molar-refractivity contribution in [1.29, 1.82) is 0 Å². The van der Waals surface area contributed by atoms with E-state index in [9.17, 15) is 9.18 Å². The molecule has 5 rings (SSSR count). The van der Waals surface area contributed by atoms with Gasteiger partial charge < -0.3 is 14.5 Å². The Balaban J connectivity index is 1.45. The number of amides is 1. The van der Waals surface area contributed by atoms with Gasteiger partial charge >= 0.3 is 0 Å². The number of ether oxygens (including phenoxy) is 1. The summed E-state index contributed by atoms with van der Waals surface area (Å²) in [4.78, 5) is 28.3. The van der Waals surface area contributed by atoms with Gasteiger partial charge in [-0.1, -0.05) is 6.07 Å². The van der Waals surface area contributed by atoms with Crippen molar-refractivity contribution in [3.8, 4) is 17.0 Å². The van der Waals surface area contributed by atoms with Gasteiger partial charge in [0.2, 0.25) is 0 Å². The molecule has 1 aromatic carbocycles. The van der Waals surface area contributed by atoms with Crippen LogP contribution in [0.2, 0.25) is 0 Å². The van der Waals surface area contributed by atoms with E-state index in [1.54, 1.807) is 23.1 Å². The second-order valence-electron chi connectivity index (χ2n) is 8.06. The Morgan fingerprint density at radius 2 is 1.84 bits per heavy atom. The molecule has 0 N–H and O–H groups in total. The maximum atomic E-state index is 14.7. The molecule has 0 atom stereocenters. The molecule has 164 valence electrons. The highest BCUT2D eigenvalue weighted by Crippen LogP contribution is 2.38. The van der Waals surface area contributed by atoms with E-state index >= 15 is 0 Å². The van der Waals surface area contributed by atoms with Crippen LogP contribution in [0.15, 0.2) is 48.8 Å². The minimum Gasteiger partial charge on any atom is -0.496 e. The first-order chi connectivity index (χ1) is 15.6. The summed E-state index contributed by atoms with van der Waals surface area (Å²) in [7, 11) is 3.61. The molecule has 1 fully saturated rings. The van der Waals surface area contributed by atoms with Crippen molar-refractivity contribution in [3.63, 3.8) is 0 Å². The highest BCUT2D eigenvalue weighted by atomic mass is 19.1. The number of fused-ring (bicyclic) bond motifs is 1. The monoisotopic (exact) mass is 433 g/mol. The first kappa shape index (κ1) is 20.4. The lowest BCUT2D eigenvalue weighted by atomic mass is 10.0. The van der Waals surface area contributed by atoms with Crippen LogP contribution in [0.5, 0.6) is 5.75 Å². The molecule has 0 saturated carbocycles. The summed E-state index contributed by atoms with van der Waals surface area (Å²) in [5.74, 6) is 0.339. The number of aromatic nitrogens is 2. The van der Waals surface area contributed by atoms with Crippen LogP contribution in [0.1, 0.15) is 15.9 Å². The average molecular weight is 433 g/mol. The average Bonchev–Trinajstić information content (AvgIpc) is 3.16. The molecule has 1 saturated heterocycles. The third kappa shape index (κ3) is 3.46. The van der Waals surface area contributed by atoms with Crippen LogP contribution in [-0.2, 0) is 6.54 Å². The number of likely N-dealkylation sites (N-methyl/N-ethyl adjacent to an activating group) is 1. The van der Waals surface area contributed by atoms with Gasteiger partial charge in [0, 0.05) is 43.5 Å². The number of hydrogen-bond donors (Lipinski definition) is 0. The normalized spacial score (nSPS) is 16.4. The zero-order valence-electron chi connectivity index (χ0n) is 18.1. The maximum absolute atomic E-state index is 14.7. The van der Waals surface area contributed by atoms with Crippen molar-refractivity contribution < 1.29 is 13.9 Å². The summed E-state index contributed by atoms with van der Waals surface area (Å²) in [6, 6.07) is 10.2. The number of pyridine rings is 2. The molecule has 0 unspecified atom stereocenters. The standard InChI is InChI=1S/C24H24FN5O2/c1-28-10-12-29(13-11-28)16-6-7-21(27-14-16)30-15-18-17(24(30)31)8-9-26-23(18)22-19(25)4-3-5-20(22)32-2/h3-9,14H,10-13,15H2,1-2H3. The summed E-state index contributed by atoms with van der Waals surface area (Å²) >= 11 is 0. The van der Waals surface area contributed by atoms with Crippen LogP contribution < -0.4 is 14.5 Å². The molecule has 8 heteroatoms. The van der Waals surface area contributed by atoms with Gasteiger partial charge in [-0.05, 0) is 37.4 Å². The topological polar surface area (TPSA) is 61.8 Å². The molecular formula is C24H24FN5O2. The Kier molecular flexibility index (Phi) is 5.22. The summed E-state index contributed by atoms with van der Waals surface area (Å²) in [5.41, 5.74) is 2.91. The van der Waals surface area contributed by atoms with Crippen LogP contribution >= 0.6 is 0 Å². The van der Waals surface area contributed by atoms with Crippen LogP contribution in [0, 0.1) is 5.82 Å². The SMILES string of the molecule is COc1cccc(F)c1-c1nccc2c1CN(c1ccc(N3CCN(C)CC3)cn1)C2=O. The van der Waals surface area contributed by atoms with Gasteiger partial charge in [-0.2, -0.15) is 0 Å². The molecule has 7 nitrogen and oxygen atoms in total. The minimum absolute atomic E-state index is 0.168. The molecule has 0 spiro atoms. The highest BCUT2D eigenvalue weighted by molar-refractivity contribution is 6.10. The first-order valence-electron chi connectivity index (χ1n) is 10.6. The number of carbonyl (C=O) groups is 1. The van der Waals surface area contributed by atoms with Crippen molar-refractivity contribution >= 4 is 17.4 Å². The van der Waals surface area contributed by atoms with E-state index < -0.39 is 5.82 Å². The van der Waals surface area contributed by atoms with Gasteiger partial charge in [-0.3, -0.25) is 14.7 Å². The lowest BCUT2D eigenvalue weighted by Gasteiger charge is -2.33. The molecule has 2 aromatic heterocycles. The Hall–Kier alpha value is -3.52. The summed E-state index contributed by atoms with van der Waals surface area (Å²) < 4.78 is 20.1. The van der Waals surface area contributed by atoms with E-state index in [1.807, 2.05) is 18.3 Å². The number of benzene rings is 1. The van der Waals surface area contributed by atoms with Crippen molar-refractivity contribution in [2.45, 2.75) is 6.54 Å². The van der Waals surface area contributed by atoms with E-state index in [0.29, 0.717) is 28.4 Å². The number of nitrogens with zero attached hydrogens (tertiary/aromatic N) is 5. The molecule has 2 aliphatic rings. The first-order valence-corrected chi connectivity index (χ1v) is 10.6. The zero-order chi connectivity index (χ0) is 22.2. The molecule has 0 radical (unpaired) electrons. The molecule has 1 amide bonds. The minimum atomic E-state index is -0.439. The van der Waals surface area contributed by atoms with Crippen molar-refractivity contribution in [3.05, 3.63) is 65.7 Å². The molecule has 4 heterocycles. The Morgan fingerprint density at radius 3 is 2.56 bits per heavy atom. The molecule has 0 bridgehead atoms. The molecule has 2 aliphatic heterocycles. The third-order valence-corrected chi connectivity index (χ3v) is 6.16. The second kappa shape index (κ2) is 8.20. The lowest BCUT2D eigenvalue weighted by molar-refractivity contribution is 0.0996. The van der Waals surface area contributed by atoms with Gasteiger partial charge in [-0.15, -0.1) is 0 Å².